The zero-order valence-electron chi connectivity index (χ0n) is 8.00. The molecule has 1 aliphatic carbocycles. The Balaban J connectivity index is 2.20. The molecular weight excluding hydrogens is 148 g/mol. The maximum Gasteiger partial charge on any atom is 0.0545 e. The molecule has 0 radical (unpaired) electrons. The van der Waals surface area contributed by atoms with Gasteiger partial charge in [0, 0.05) is 0 Å². The molecule has 0 aromatic rings. The topological polar surface area (TPSA) is 20.2 Å². The van der Waals surface area contributed by atoms with E-state index >= 15 is 0 Å². The maximum atomic E-state index is 9.57. The summed E-state index contributed by atoms with van der Waals surface area (Å²) in [4.78, 5) is 0. The second-order valence-electron chi connectivity index (χ2n) is 3.80. The van der Waals surface area contributed by atoms with Crippen molar-refractivity contribution < 1.29 is 5.11 Å². The predicted molar refractivity (Wildman–Crippen MR) is 52.0 cm³/mol. The summed E-state index contributed by atoms with van der Waals surface area (Å²) in [6, 6.07) is 0. The van der Waals surface area contributed by atoms with Gasteiger partial charge < -0.3 is 5.11 Å². The van der Waals surface area contributed by atoms with Crippen LogP contribution in [0.1, 0.15) is 45.4 Å². The average Bonchev–Trinajstić information content (AvgIpc) is 2.06. The van der Waals surface area contributed by atoms with E-state index in [1.54, 1.807) is 0 Å². The molecule has 1 N–H and O–H groups in total. The van der Waals surface area contributed by atoms with E-state index in [2.05, 4.69) is 19.1 Å². The van der Waals surface area contributed by atoms with Gasteiger partial charge in [-0.2, -0.15) is 0 Å². The molecule has 0 bridgehead atoms. The van der Waals surface area contributed by atoms with Crippen LogP contribution in [0.25, 0.3) is 0 Å². The van der Waals surface area contributed by atoms with Crippen LogP contribution >= 0.6 is 0 Å². The fraction of sp³-hybridized carbons (Fsp3) is 0.818. The molecule has 12 heavy (non-hydrogen) atoms. The van der Waals surface area contributed by atoms with E-state index in [9.17, 15) is 5.11 Å². The van der Waals surface area contributed by atoms with Gasteiger partial charge in [-0.15, -0.1) is 0 Å². The molecule has 1 nitrogen and oxygen atoms in total. The Labute approximate surface area is 75.5 Å². The highest BCUT2D eigenvalue weighted by molar-refractivity contribution is 4.93. The van der Waals surface area contributed by atoms with Gasteiger partial charge >= 0.3 is 0 Å². The van der Waals surface area contributed by atoms with Crippen LogP contribution < -0.4 is 0 Å². The van der Waals surface area contributed by atoms with E-state index in [1.165, 1.54) is 19.3 Å². The van der Waals surface area contributed by atoms with Crippen molar-refractivity contribution in [3.63, 3.8) is 0 Å². The standard InChI is InChI=1S/C11H20O/c1-2-6-11(12)9-10-7-4-3-5-8-10/h4,7,10-12H,2-3,5-6,8-9H2,1H3. The molecule has 0 fully saturated rings. The van der Waals surface area contributed by atoms with Crippen molar-refractivity contribution in [3.8, 4) is 0 Å². The van der Waals surface area contributed by atoms with Crippen molar-refractivity contribution in [2.75, 3.05) is 0 Å². The lowest BCUT2D eigenvalue weighted by molar-refractivity contribution is 0.137. The molecule has 1 rings (SSSR count). The van der Waals surface area contributed by atoms with Gasteiger partial charge in [0.25, 0.3) is 0 Å². The Morgan fingerprint density at radius 2 is 2.42 bits per heavy atom. The normalized spacial score (nSPS) is 25.7. The lowest BCUT2D eigenvalue weighted by atomic mass is 9.90. The first-order chi connectivity index (χ1) is 5.83. The monoisotopic (exact) mass is 168 g/mol. The maximum absolute atomic E-state index is 9.57. The summed E-state index contributed by atoms with van der Waals surface area (Å²) < 4.78 is 0. The van der Waals surface area contributed by atoms with E-state index in [1.807, 2.05) is 0 Å². The van der Waals surface area contributed by atoms with E-state index in [-0.39, 0.29) is 6.10 Å². The van der Waals surface area contributed by atoms with E-state index in [0.29, 0.717) is 5.92 Å². The Hall–Kier alpha value is -0.300. The average molecular weight is 168 g/mol. The van der Waals surface area contributed by atoms with Gasteiger partial charge in [0.1, 0.15) is 0 Å². The molecule has 0 heterocycles. The molecule has 0 saturated heterocycles. The summed E-state index contributed by atoms with van der Waals surface area (Å²) >= 11 is 0. The Morgan fingerprint density at radius 3 is 3.00 bits per heavy atom. The fourth-order valence-corrected chi connectivity index (χ4v) is 1.88. The van der Waals surface area contributed by atoms with Gasteiger partial charge in [0.15, 0.2) is 0 Å². The summed E-state index contributed by atoms with van der Waals surface area (Å²) in [5.74, 6) is 0.653. The molecule has 0 saturated carbocycles. The molecule has 1 aliphatic rings. The van der Waals surface area contributed by atoms with Gasteiger partial charge in [-0.25, -0.2) is 0 Å². The summed E-state index contributed by atoms with van der Waals surface area (Å²) in [6.45, 7) is 2.12. The summed E-state index contributed by atoms with van der Waals surface area (Å²) in [6.07, 6.45) is 11.3. The zero-order valence-corrected chi connectivity index (χ0v) is 8.00. The highest BCUT2D eigenvalue weighted by atomic mass is 16.3. The van der Waals surface area contributed by atoms with Gasteiger partial charge in [-0.1, -0.05) is 25.5 Å². The quantitative estimate of drug-likeness (QED) is 0.640. The number of allylic oxidation sites excluding steroid dienone is 2. The van der Waals surface area contributed by atoms with Crippen LogP contribution in [0.5, 0.6) is 0 Å². The van der Waals surface area contributed by atoms with Gasteiger partial charge in [-0.3, -0.25) is 0 Å². The first-order valence-electron chi connectivity index (χ1n) is 5.17. The molecule has 0 spiro atoms. The third-order valence-corrected chi connectivity index (χ3v) is 2.55. The third kappa shape index (κ3) is 3.40. The summed E-state index contributed by atoms with van der Waals surface area (Å²) in [7, 11) is 0. The van der Waals surface area contributed by atoms with Crippen LogP contribution in [0.2, 0.25) is 0 Å². The van der Waals surface area contributed by atoms with Crippen molar-refractivity contribution in [2.45, 2.75) is 51.6 Å². The second kappa shape index (κ2) is 5.36. The minimum atomic E-state index is -0.0669. The van der Waals surface area contributed by atoms with Crippen molar-refractivity contribution in [1.82, 2.24) is 0 Å². The lowest BCUT2D eigenvalue weighted by Crippen LogP contribution is -2.13. The molecule has 0 aromatic carbocycles. The highest BCUT2D eigenvalue weighted by Crippen LogP contribution is 2.22. The molecule has 70 valence electrons. The van der Waals surface area contributed by atoms with Crippen LogP contribution in [0.3, 0.4) is 0 Å². The fourth-order valence-electron chi connectivity index (χ4n) is 1.88. The van der Waals surface area contributed by atoms with Crippen molar-refractivity contribution in [3.05, 3.63) is 12.2 Å². The van der Waals surface area contributed by atoms with Gasteiger partial charge in [0.2, 0.25) is 0 Å². The lowest BCUT2D eigenvalue weighted by Gasteiger charge is -2.19. The van der Waals surface area contributed by atoms with Crippen LogP contribution in [0.4, 0.5) is 0 Å². The van der Waals surface area contributed by atoms with Gasteiger partial charge in [-0.05, 0) is 38.0 Å². The SMILES string of the molecule is CCCC(O)CC1C=CCCC1. The van der Waals surface area contributed by atoms with E-state index in [0.717, 1.165) is 19.3 Å². The number of hydrogen-bond acceptors (Lipinski definition) is 1. The number of aliphatic hydroxyl groups is 1. The molecule has 0 aromatic heterocycles. The van der Waals surface area contributed by atoms with Crippen molar-refractivity contribution >= 4 is 0 Å². The van der Waals surface area contributed by atoms with Crippen molar-refractivity contribution in [1.29, 1.82) is 0 Å². The largest absolute Gasteiger partial charge is 0.393 e. The Bertz CT molecular complexity index is 140. The van der Waals surface area contributed by atoms with Crippen molar-refractivity contribution in [2.24, 2.45) is 5.92 Å². The van der Waals surface area contributed by atoms with Crippen LogP contribution in [-0.2, 0) is 0 Å². The van der Waals surface area contributed by atoms with Crippen LogP contribution in [-0.4, -0.2) is 11.2 Å². The second-order valence-corrected chi connectivity index (χ2v) is 3.80. The molecule has 0 amide bonds. The zero-order chi connectivity index (χ0) is 8.81. The number of aliphatic hydroxyl groups excluding tert-OH is 1. The molecule has 2 unspecified atom stereocenters. The molecule has 2 atom stereocenters. The van der Waals surface area contributed by atoms with Crippen LogP contribution in [0, 0.1) is 5.92 Å². The smallest absolute Gasteiger partial charge is 0.0545 e. The summed E-state index contributed by atoms with van der Waals surface area (Å²) in [5.41, 5.74) is 0. The third-order valence-electron chi connectivity index (χ3n) is 2.55. The minimum Gasteiger partial charge on any atom is -0.393 e. The molecule has 1 heteroatoms. The minimum absolute atomic E-state index is 0.0669. The first-order valence-corrected chi connectivity index (χ1v) is 5.17. The highest BCUT2D eigenvalue weighted by Gasteiger charge is 2.12. The molecular formula is C11H20O. The number of rotatable bonds is 4. The number of hydrogen-bond donors (Lipinski definition) is 1. The summed E-state index contributed by atoms with van der Waals surface area (Å²) in [5, 5.41) is 9.57. The Morgan fingerprint density at radius 1 is 1.58 bits per heavy atom. The molecule has 0 aliphatic heterocycles. The van der Waals surface area contributed by atoms with Crippen LogP contribution in [0.15, 0.2) is 12.2 Å². The Kier molecular flexibility index (Phi) is 4.37. The first kappa shape index (κ1) is 9.79. The van der Waals surface area contributed by atoms with E-state index < -0.39 is 0 Å². The van der Waals surface area contributed by atoms with E-state index in [4.69, 9.17) is 0 Å². The van der Waals surface area contributed by atoms with Gasteiger partial charge in [0.05, 0.1) is 6.10 Å². The predicted octanol–water partition coefficient (Wildman–Crippen LogP) is 2.89.